The second kappa shape index (κ2) is 8.08. The summed E-state index contributed by atoms with van der Waals surface area (Å²) in [5.74, 6) is 0.621. The smallest absolute Gasteiger partial charge is 0.139 e. The van der Waals surface area contributed by atoms with Gasteiger partial charge in [0.2, 0.25) is 0 Å². The molecular weight excluding hydrogens is 297 g/mol. The lowest BCUT2D eigenvalue weighted by Gasteiger charge is -2.15. The molecule has 1 heterocycles. The molecule has 1 saturated heterocycles. The number of rotatable bonds is 7. The SMILES string of the molecule is CCCNCC1CCC(COc2cccc(Cl)c2Cl)O1. The van der Waals surface area contributed by atoms with Gasteiger partial charge >= 0.3 is 0 Å². The van der Waals surface area contributed by atoms with Gasteiger partial charge < -0.3 is 14.8 Å². The van der Waals surface area contributed by atoms with Crippen molar-refractivity contribution >= 4 is 23.2 Å². The average molecular weight is 318 g/mol. The van der Waals surface area contributed by atoms with Gasteiger partial charge in [0, 0.05) is 6.54 Å². The van der Waals surface area contributed by atoms with E-state index in [0.29, 0.717) is 28.5 Å². The number of benzene rings is 1. The molecule has 0 radical (unpaired) electrons. The van der Waals surface area contributed by atoms with Crippen LogP contribution < -0.4 is 10.1 Å². The second-order valence-electron chi connectivity index (χ2n) is 5.02. The largest absolute Gasteiger partial charge is 0.489 e. The van der Waals surface area contributed by atoms with Gasteiger partial charge in [0.15, 0.2) is 0 Å². The molecule has 1 aromatic carbocycles. The summed E-state index contributed by atoms with van der Waals surface area (Å²) in [6, 6.07) is 5.40. The molecule has 2 rings (SSSR count). The molecule has 20 heavy (non-hydrogen) atoms. The fourth-order valence-corrected chi connectivity index (χ4v) is 2.62. The van der Waals surface area contributed by atoms with Crippen LogP contribution in [0.5, 0.6) is 5.75 Å². The Morgan fingerprint density at radius 3 is 2.90 bits per heavy atom. The van der Waals surface area contributed by atoms with E-state index in [2.05, 4.69) is 12.2 Å². The summed E-state index contributed by atoms with van der Waals surface area (Å²) in [5, 5.41) is 4.36. The van der Waals surface area contributed by atoms with Gasteiger partial charge in [0.05, 0.1) is 17.2 Å². The van der Waals surface area contributed by atoms with Crippen molar-refractivity contribution in [3.8, 4) is 5.75 Å². The number of hydrogen-bond acceptors (Lipinski definition) is 3. The third-order valence-electron chi connectivity index (χ3n) is 3.34. The molecule has 0 aliphatic carbocycles. The van der Waals surface area contributed by atoms with Crippen LogP contribution in [0.1, 0.15) is 26.2 Å². The van der Waals surface area contributed by atoms with Crippen molar-refractivity contribution in [2.75, 3.05) is 19.7 Å². The van der Waals surface area contributed by atoms with Crippen molar-refractivity contribution in [1.29, 1.82) is 0 Å². The Balaban J connectivity index is 1.74. The normalized spacial score (nSPS) is 22.1. The third-order valence-corrected chi connectivity index (χ3v) is 4.14. The first-order valence-electron chi connectivity index (χ1n) is 7.13. The van der Waals surface area contributed by atoms with Crippen LogP contribution in [0, 0.1) is 0 Å². The molecule has 2 atom stereocenters. The summed E-state index contributed by atoms with van der Waals surface area (Å²) < 4.78 is 11.6. The predicted octanol–water partition coefficient (Wildman–Crippen LogP) is 3.92. The number of halogens is 2. The quantitative estimate of drug-likeness (QED) is 0.773. The van der Waals surface area contributed by atoms with Crippen LogP contribution in [0.4, 0.5) is 0 Å². The van der Waals surface area contributed by atoms with E-state index in [4.69, 9.17) is 32.7 Å². The van der Waals surface area contributed by atoms with Gasteiger partial charge in [-0.05, 0) is 37.9 Å². The second-order valence-corrected chi connectivity index (χ2v) is 5.81. The monoisotopic (exact) mass is 317 g/mol. The maximum absolute atomic E-state index is 6.08. The number of hydrogen-bond donors (Lipinski definition) is 1. The topological polar surface area (TPSA) is 30.5 Å². The Bertz CT molecular complexity index is 428. The first kappa shape index (κ1) is 15.9. The van der Waals surface area contributed by atoms with Crippen molar-refractivity contribution in [2.45, 2.75) is 38.4 Å². The van der Waals surface area contributed by atoms with Crippen LogP contribution in [0.15, 0.2) is 18.2 Å². The first-order chi connectivity index (χ1) is 9.70. The zero-order valence-corrected chi connectivity index (χ0v) is 13.2. The van der Waals surface area contributed by atoms with Crippen molar-refractivity contribution < 1.29 is 9.47 Å². The Hall–Kier alpha value is -0.480. The summed E-state index contributed by atoms with van der Waals surface area (Å²) in [6.45, 7) is 4.64. The lowest BCUT2D eigenvalue weighted by molar-refractivity contribution is 0.0187. The molecule has 112 valence electrons. The van der Waals surface area contributed by atoms with Crippen LogP contribution in [0.2, 0.25) is 10.0 Å². The Morgan fingerprint density at radius 2 is 2.10 bits per heavy atom. The molecule has 1 fully saturated rings. The summed E-state index contributed by atoms with van der Waals surface area (Å²) in [7, 11) is 0. The fraction of sp³-hybridized carbons (Fsp3) is 0.600. The van der Waals surface area contributed by atoms with Crippen molar-refractivity contribution in [3.05, 3.63) is 28.2 Å². The van der Waals surface area contributed by atoms with Crippen LogP contribution in [0.25, 0.3) is 0 Å². The molecule has 1 N–H and O–H groups in total. The van der Waals surface area contributed by atoms with Gasteiger partial charge in [-0.2, -0.15) is 0 Å². The molecule has 0 bridgehead atoms. The minimum atomic E-state index is 0.137. The van der Waals surface area contributed by atoms with Crippen LogP contribution in [-0.2, 0) is 4.74 Å². The van der Waals surface area contributed by atoms with Gasteiger partial charge in [-0.3, -0.25) is 0 Å². The Kier molecular flexibility index (Phi) is 6.43. The van der Waals surface area contributed by atoms with E-state index in [9.17, 15) is 0 Å². The van der Waals surface area contributed by atoms with E-state index in [1.807, 2.05) is 12.1 Å². The lowest BCUT2D eigenvalue weighted by atomic mass is 10.2. The van der Waals surface area contributed by atoms with E-state index >= 15 is 0 Å². The van der Waals surface area contributed by atoms with E-state index in [1.54, 1.807) is 6.07 Å². The average Bonchev–Trinajstić information content (AvgIpc) is 2.89. The standard InChI is InChI=1S/C15H21Cl2NO2/c1-2-8-18-9-11-6-7-12(20-11)10-19-14-5-3-4-13(16)15(14)17/h3-5,11-12,18H,2,6-10H2,1H3. The third kappa shape index (κ3) is 4.52. The summed E-state index contributed by atoms with van der Waals surface area (Å²) in [5.41, 5.74) is 0. The molecular formula is C15H21Cl2NO2. The Labute approximate surface area is 130 Å². The van der Waals surface area contributed by atoms with E-state index in [1.165, 1.54) is 0 Å². The van der Waals surface area contributed by atoms with Crippen LogP contribution in [0.3, 0.4) is 0 Å². The molecule has 3 nitrogen and oxygen atoms in total. The lowest BCUT2D eigenvalue weighted by Crippen LogP contribution is -2.28. The highest BCUT2D eigenvalue weighted by Crippen LogP contribution is 2.32. The summed E-state index contributed by atoms with van der Waals surface area (Å²) in [4.78, 5) is 0. The van der Waals surface area contributed by atoms with Crippen LogP contribution >= 0.6 is 23.2 Å². The molecule has 0 amide bonds. The molecule has 0 spiro atoms. The van der Waals surface area contributed by atoms with E-state index < -0.39 is 0 Å². The van der Waals surface area contributed by atoms with Crippen molar-refractivity contribution in [3.63, 3.8) is 0 Å². The van der Waals surface area contributed by atoms with Gasteiger partial charge in [-0.25, -0.2) is 0 Å². The maximum atomic E-state index is 6.08. The van der Waals surface area contributed by atoms with Crippen LogP contribution in [-0.4, -0.2) is 31.9 Å². The van der Waals surface area contributed by atoms with E-state index in [0.717, 1.165) is 32.4 Å². The van der Waals surface area contributed by atoms with Gasteiger partial charge in [0.1, 0.15) is 17.4 Å². The van der Waals surface area contributed by atoms with Crippen molar-refractivity contribution in [2.24, 2.45) is 0 Å². The summed E-state index contributed by atoms with van der Waals surface area (Å²) in [6.07, 6.45) is 3.68. The highest BCUT2D eigenvalue weighted by Gasteiger charge is 2.25. The molecule has 0 saturated carbocycles. The predicted molar refractivity (Wildman–Crippen MR) is 83.0 cm³/mol. The summed E-state index contributed by atoms with van der Waals surface area (Å²) >= 11 is 12.0. The molecule has 2 unspecified atom stereocenters. The molecule has 1 aromatic rings. The van der Waals surface area contributed by atoms with Crippen molar-refractivity contribution in [1.82, 2.24) is 5.32 Å². The highest BCUT2D eigenvalue weighted by molar-refractivity contribution is 6.42. The number of nitrogens with one attached hydrogen (secondary N) is 1. The molecule has 5 heteroatoms. The number of ether oxygens (including phenoxy) is 2. The molecule has 1 aliphatic heterocycles. The van der Waals surface area contributed by atoms with Gasteiger partial charge in [-0.15, -0.1) is 0 Å². The minimum Gasteiger partial charge on any atom is -0.489 e. The zero-order valence-electron chi connectivity index (χ0n) is 11.7. The minimum absolute atomic E-state index is 0.137. The fourth-order valence-electron chi connectivity index (χ4n) is 2.27. The first-order valence-corrected chi connectivity index (χ1v) is 7.89. The maximum Gasteiger partial charge on any atom is 0.139 e. The molecule has 0 aromatic heterocycles. The molecule has 1 aliphatic rings. The van der Waals surface area contributed by atoms with Gasteiger partial charge in [-0.1, -0.05) is 36.2 Å². The van der Waals surface area contributed by atoms with Gasteiger partial charge in [0.25, 0.3) is 0 Å². The zero-order chi connectivity index (χ0) is 14.4. The Morgan fingerprint density at radius 1 is 1.30 bits per heavy atom. The van der Waals surface area contributed by atoms with E-state index in [-0.39, 0.29) is 6.10 Å². The highest BCUT2D eigenvalue weighted by atomic mass is 35.5.